The maximum absolute atomic E-state index is 12.8. The summed E-state index contributed by atoms with van der Waals surface area (Å²) in [5.74, 6) is 0.268. The van der Waals surface area contributed by atoms with Crippen molar-refractivity contribution in [2.45, 2.75) is 13.0 Å². The zero-order valence-electron chi connectivity index (χ0n) is 9.19. The summed E-state index contributed by atoms with van der Waals surface area (Å²) >= 11 is 5.88. The highest BCUT2D eigenvalue weighted by Gasteiger charge is 2.08. The standard InChI is InChI=1S/C12H11ClFN3/c1-8(9-2-4-10(14)5-3-9)17-12-11(13)15-6-7-16-12/h2-8H,1H3,(H,16,17). The van der Waals surface area contributed by atoms with Crippen molar-refractivity contribution >= 4 is 17.4 Å². The number of nitrogens with one attached hydrogen (secondary N) is 1. The molecular formula is C12H11ClFN3. The van der Waals surface area contributed by atoms with Crippen molar-refractivity contribution in [1.29, 1.82) is 0 Å². The number of hydrogen-bond donors (Lipinski definition) is 1. The van der Waals surface area contributed by atoms with E-state index in [2.05, 4.69) is 15.3 Å². The first-order valence-electron chi connectivity index (χ1n) is 5.15. The summed E-state index contributed by atoms with van der Waals surface area (Å²) in [4.78, 5) is 8.00. The number of benzene rings is 1. The summed E-state index contributed by atoms with van der Waals surface area (Å²) in [6.45, 7) is 1.94. The minimum absolute atomic E-state index is 0.0233. The van der Waals surface area contributed by atoms with Crippen LogP contribution in [0.3, 0.4) is 0 Å². The number of rotatable bonds is 3. The van der Waals surface area contributed by atoms with Crippen molar-refractivity contribution in [3.63, 3.8) is 0 Å². The third-order valence-corrected chi connectivity index (χ3v) is 2.65. The molecule has 0 bridgehead atoms. The number of aromatic nitrogens is 2. The van der Waals surface area contributed by atoms with Gasteiger partial charge in [-0.05, 0) is 24.6 Å². The molecule has 1 unspecified atom stereocenters. The molecule has 1 aromatic carbocycles. The molecule has 1 heterocycles. The molecule has 1 aromatic heterocycles. The Hall–Kier alpha value is -1.68. The number of hydrogen-bond acceptors (Lipinski definition) is 3. The van der Waals surface area contributed by atoms with E-state index < -0.39 is 0 Å². The molecule has 0 saturated carbocycles. The third-order valence-electron chi connectivity index (χ3n) is 2.38. The Labute approximate surface area is 104 Å². The van der Waals surface area contributed by atoms with Crippen molar-refractivity contribution < 1.29 is 4.39 Å². The average molecular weight is 252 g/mol. The first-order valence-corrected chi connectivity index (χ1v) is 5.53. The molecule has 1 atom stereocenters. The van der Waals surface area contributed by atoms with E-state index >= 15 is 0 Å². The van der Waals surface area contributed by atoms with Gasteiger partial charge in [-0.15, -0.1) is 0 Å². The molecule has 0 aliphatic carbocycles. The van der Waals surface area contributed by atoms with Gasteiger partial charge in [0.2, 0.25) is 0 Å². The minimum atomic E-state index is -0.251. The Balaban J connectivity index is 2.14. The second kappa shape index (κ2) is 5.10. The molecule has 0 radical (unpaired) electrons. The van der Waals surface area contributed by atoms with Crippen molar-refractivity contribution in [3.8, 4) is 0 Å². The molecule has 0 saturated heterocycles. The average Bonchev–Trinajstić information content (AvgIpc) is 2.33. The van der Waals surface area contributed by atoms with Crippen molar-refractivity contribution in [3.05, 3.63) is 53.2 Å². The van der Waals surface area contributed by atoms with Crippen LogP contribution in [0.1, 0.15) is 18.5 Å². The van der Waals surface area contributed by atoms with E-state index in [4.69, 9.17) is 11.6 Å². The molecule has 0 spiro atoms. The van der Waals surface area contributed by atoms with Gasteiger partial charge in [0.05, 0.1) is 6.04 Å². The topological polar surface area (TPSA) is 37.8 Å². The van der Waals surface area contributed by atoms with E-state index in [9.17, 15) is 4.39 Å². The Bertz CT molecular complexity index is 501. The fourth-order valence-electron chi connectivity index (χ4n) is 1.46. The summed E-state index contributed by atoms with van der Waals surface area (Å²) in [5.41, 5.74) is 0.952. The lowest BCUT2D eigenvalue weighted by molar-refractivity contribution is 0.626. The van der Waals surface area contributed by atoms with Gasteiger partial charge in [-0.25, -0.2) is 14.4 Å². The molecule has 0 fully saturated rings. The molecule has 2 rings (SSSR count). The van der Waals surface area contributed by atoms with Crippen molar-refractivity contribution in [1.82, 2.24) is 9.97 Å². The quantitative estimate of drug-likeness (QED) is 0.908. The molecule has 3 nitrogen and oxygen atoms in total. The van der Waals surface area contributed by atoms with Gasteiger partial charge in [0, 0.05) is 12.4 Å². The maximum atomic E-state index is 12.8. The molecular weight excluding hydrogens is 241 g/mol. The van der Waals surface area contributed by atoms with E-state index in [-0.39, 0.29) is 11.9 Å². The first kappa shape index (κ1) is 11.8. The lowest BCUT2D eigenvalue weighted by Gasteiger charge is -2.15. The zero-order valence-corrected chi connectivity index (χ0v) is 9.95. The summed E-state index contributed by atoms with van der Waals surface area (Å²) in [5, 5.41) is 3.44. The molecule has 0 aliphatic heterocycles. The van der Waals surface area contributed by atoms with Gasteiger partial charge in [0.25, 0.3) is 0 Å². The highest BCUT2D eigenvalue weighted by Crippen LogP contribution is 2.21. The van der Waals surface area contributed by atoms with Gasteiger partial charge in [0.1, 0.15) is 5.82 Å². The van der Waals surface area contributed by atoms with E-state index in [1.54, 1.807) is 18.3 Å². The molecule has 2 aromatic rings. The number of nitrogens with zero attached hydrogens (tertiary/aromatic N) is 2. The number of anilines is 1. The van der Waals surface area contributed by atoms with Gasteiger partial charge in [-0.3, -0.25) is 0 Å². The van der Waals surface area contributed by atoms with Crippen LogP contribution in [0, 0.1) is 5.82 Å². The van der Waals surface area contributed by atoms with Crippen molar-refractivity contribution in [2.24, 2.45) is 0 Å². The predicted octanol–water partition coefficient (Wildman–Crippen LogP) is 3.44. The van der Waals surface area contributed by atoms with Crippen LogP contribution in [0.2, 0.25) is 5.15 Å². The molecule has 17 heavy (non-hydrogen) atoms. The van der Waals surface area contributed by atoms with Crippen LogP contribution in [0.25, 0.3) is 0 Å². The predicted molar refractivity (Wildman–Crippen MR) is 65.5 cm³/mol. The van der Waals surface area contributed by atoms with Crippen LogP contribution in [0.15, 0.2) is 36.7 Å². The summed E-state index contributed by atoms with van der Waals surface area (Å²) in [6.07, 6.45) is 3.08. The van der Waals surface area contributed by atoms with Crippen LogP contribution < -0.4 is 5.32 Å². The van der Waals surface area contributed by atoms with Gasteiger partial charge in [0.15, 0.2) is 11.0 Å². The normalized spacial score (nSPS) is 12.2. The lowest BCUT2D eigenvalue weighted by Crippen LogP contribution is -2.08. The second-order valence-corrected chi connectivity index (χ2v) is 3.97. The minimum Gasteiger partial charge on any atom is -0.361 e. The summed E-state index contributed by atoms with van der Waals surface area (Å²) in [6, 6.07) is 6.26. The van der Waals surface area contributed by atoms with Gasteiger partial charge in [-0.2, -0.15) is 0 Å². The summed E-state index contributed by atoms with van der Waals surface area (Å²) in [7, 11) is 0. The van der Waals surface area contributed by atoms with Crippen LogP contribution in [0.4, 0.5) is 10.2 Å². The largest absolute Gasteiger partial charge is 0.361 e. The van der Waals surface area contributed by atoms with Crippen LogP contribution in [0.5, 0.6) is 0 Å². The Kier molecular flexibility index (Phi) is 3.54. The maximum Gasteiger partial charge on any atom is 0.171 e. The zero-order chi connectivity index (χ0) is 12.3. The first-order chi connectivity index (χ1) is 8.16. The van der Waals surface area contributed by atoms with E-state index in [1.807, 2.05) is 6.92 Å². The highest BCUT2D eigenvalue weighted by molar-refractivity contribution is 6.31. The van der Waals surface area contributed by atoms with Crippen molar-refractivity contribution in [2.75, 3.05) is 5.32 Å². The molecule has 0 aliphatic rings. The monoisotopic (exact) mass is 251 g/mol. The molecule has 1 N–H and O–H groups in total. The fraction of sp³-hybridized carbons (Fsp3) is 0.167. The molecule has 88 valence electrons. The van der Waals surface area contributed by atoms with Crippen LogP contribution in [-0.4, -0.2) is 9.97 Å². The Morgan fingerprint density at radius 3 is 2.47 bits per heavy atom. The van der Waals surface area contributed by atoms with E-state index in [0.717, 1.165) is 5.56 Å². The van der Waals surface area contributed by atoms with Gasteiger partial charge < -0.3 is 5.32 Å². The lowest BCUT2D eigenvalue weighted by atomic mass is 10.1. The van der Waals surface area contributed by atoms with E-state index in [0.29, 0.717) is 11.0 Å². The molecule has 0 amide bonds. The highest BCUT2D eigenvalue weighted by atomic mass is 35.5. The van der Waals surface area contributed by atoms with Crippen LogP contribution in [-0.2, 0) is 0 Å². The Morgan fingerprint density at radius 1 is 1.18 bits per heavy atom. The SMILES string of the molecule is CC(Nc1nccnc1Cl)c1ccc(F)cc1. The van der Waals surface area contributed by atoms with Crippen LogP contribution >= 0.6 is 11.6 Å². The fourth-order valence-corrected chi connectivity index (χ4v) is 1.62. The summed E-state index contributed by atoms with van der Waals surface area (Å²) < 4.78 is 12.8. The van der Waals surface area contributed by atoms with Gasteiger partial charge in [-0.1, -0.05) is 23.7 Å². The molecule has 5 heteroatoms. The second-order valence-electron chi connectivity index (χ2n) is 3.61. The smallest absolute Gasteiger partial charge is 0.171 e. The Morgan fingerprint density at radius 2 is 1.82 bits per heavy atom. The third kappa shape index (κ3) is 2.91. The number of halogens is 2. The van der Waals surface area contributed by atoms with E-state index in [1.165, 1.54) is 18.3 Å². The van der Waals surface area contributed by atoms with Gasteiger partial charge >= 0.3 is 0 Å².